The lowest BCUT2D eigenvalue weighted by atomic mass is 10.2. The van der Waals surface area contributed by atoms with Crippen LogP contribution in [-0.4, -0.2) is 32.9 Å². The van der Waals surface area contributed by atoms with E-state index in [0.717, 1.165) is 11.1 Å². The Bertz CT molecular complexity index is 969. The highest BCUT2D eigenvalue weighted by Gasteiger charge is 2.21. The van der Waals surface area contributed by atoms with Gasteiger partial charge in [0.1, 0.15) is 6.54 Å². The van der Waals surface area contributed by atoms with Gasteiger partial charge in [-0.3, -0.25) is 9.59 Å². The molecule has 7 nitrogen and oxygen atoms in total. The molecule has 0 fully saturated rings. The molecule has 2 rings (SSSR count). The van der Waals surface area contributed by atoms with Crippen molar-refractivity contribution in [2.45, 2.75) is 38.7 Å². The molecular formula is C20H24N2O5S. The third kappa shape index (κ3) is 5.90. The first-order valence-corrected chi connectivity index (χ1v) is 10.2. The minimum Gasteiger partial charge on any atom is -0.452 e. The van der Waals surface area contributed by atoms with E-state index in [-0.39, 0.29) is 4.90 Å². The van der Waals surface area contributed by atoms with Crippen molar-refractivity contribution in [3.05, 3.63) is 59.2 Å². The molecular weight excluding hydrogens is 380 g/mol. The zero-order valence-corrected chi connectivity index (χ0v) is 17.1. The summed E-state index contributed by atoms with van der Waals surface area (Å²) < 4.78 is 32.0. The van der Waals surface area contributed by atoms with Gasteiger partial charge in [0.05, 0.1) is 4.90 Å². The lowest BCUT2D eigenvalue weighted by Crippen LogP contribution is -2.36. The number of nitrogens with one attached hydrogen (secondary N) is 2. The van der Waals surface area contributed by atoms with Crippen molar-refractivity contribution in [2.75, 3.05) is 11.9 Å². The Kier molecular flexibility index (Phi) is 6.93. The van der Waals surface area contributed by atoms with E-state index in [1.54, 1.807) is 38.1 Å². The zero-order valence-electron chi connectivity index (χ0n) is 16.3. The SMILES string of the molecule is Cc1ccc(NC(=O)[C@H](C)OC(=O)CNS(=O)(=O)c2cc(C)ccc2C)cc1. The second kappa shape index (κ2) is 8.99. The van der Waals surface area contributed by atoms with Gasteiger partial charge in [-0.25, -0.2) is 8.42 Å². The maximum absolute atomic E-state index is 12.4. The summed E-state index contributed by atoms with van der Waals surface area (Å²) in [6.07, 6.45) is -1.07. The molecule has 0 saturated heterocycles. The lowest BCUT2D eigenvalue weighted by molar-refractivity contribution is -0.151. The number of carbonyl (C=O) groups is 2. The molecule has 2 aromatic carbocycles. The van der Waals surface area contributed by atoms with Crippen LogP contribution >= 0.6 is 0 Å². The van der Waals surface area contributed by atoms with Gasteiger partial charge in [-0.05, 0) is 57.0 Å². The maximum Gasteiger partial charge on any atom is 0.321 e. The van der Waals surface area contributed by atoms with Crippen LogP contribution in [0.25, 0.3) is 0 Å². The molecule has 0 radical (unpaired) electrons. The maximum atomic E-state index is 12.4. The van der Waals surface area contributed by atoms with Crippen LogP contribution in [-0.2, 0) is 24.3 Å². The van der Waals surface area contributed by atoms with E-state index in [0.29, 0.717) is 11.3 Å². The topological polar surface area (TPSA) is 102 Å². The number of ether oxygens (including phenoxy) is 1. The van der Waals surface area contributed by atoms with Crippen molar-refractivity contribution in [2.24, 2.45) is 0 Å². The average molecular weight is 404 g/mol. The monoisotopic (exact) mass is 404 g/mol. The van der Waals surface area contributed by atoms with E-state index < -0.39 is 34.5 Å². The van der Waals surface area contributed by atoms with Gasteiger partial charge in [-0.2, -0.15) is 4.72 Å². The summed E-state index contributed by atoms with van der Waals surface area (Å²) in [5.74, 6) is -1.35. The molecule has 8 heteroatoms. The van der Waals surface area contributed by atoms with Crippen LogP contribution in [0.3, 0.4) is 0 Å². The van der Waals surface area contributed by atoms with Gasteiger partial charge in [0, 0.05) is 5.69 Å². The largest absolute Gasteiger partial charge is 0.452 e. The minimum atomic E-state index is -3.87. The van der Waals surface area contributed by atoms with Crippen LogP contribution in [0.4, 0.5) is 5.69 Å². The summed E-state index contributed by atoms with van der Waals surface area (Å²) in [7, 11) is -3.87. The van der Waals surface area contributed by atoms with Crippen LogP contribution in [0.15, 0.2) is 47.4 Å². The van der Waals surface area contributed by atoms with Crippen LogP contribution in [0.2, 0.25) is 0 Å². The summed E-state index contributed by atoms with van der Waals surface area (Å²) in [6, 6.07) is 12.2. The number of rotatable bonds is 7. The van der Waals surface area contributed by atoms with Crippen molar-refractivity contribution in [3.8, 4) is 0 Å². The molecule has 0 aliphatic heterocycles. The summed E-state index contributed by atoms with van der Waals surface area (Å²) in [6.45, 7) is 6.22. The Balaban J connectivity index is 1.91. The van der Waals surface area contributed by atoms with Gasteiger partial charge in [-0.1, -0.05) is 29.8 Å². The number of sulfonamides is 1. The number of anilines is 1. The normalized spacial score (nSPS) is 12.3. The van der Waals surface area contributed by atoms with Gasteiger partial charge >= 0.3 is 5.97 Å². The molecule has 0 bridgehead atoms. The average Bonchev–Trinajstić information content (AvgIpc) is 2.64. The number of hydrogen-bond donors (Lipinski definition) is 2. The molecule has 1 amide bonds. The fourth-order valence-corrected chi connectivity index (χ4v) is 3.70. The molecule has 2 aromatic rings. The summed E-state index contributed by atoms with van der Waals surface area (Å²) in [5, 5.41) is 2.63. The van der Waals surface area contributed by atoms with Crippen molar-refractivity contribution in [1.82, 2.24) is 4.72 Å². The first kappa shape index (κ1) is 21.6. The number of aryl methyl sites for hydroxylation is 3. The van der Waals surface area contributed by atoms with Crippen LogP contribution in [0.1, 0.15) is 23.6 Å². The predicted molar refractivity (Wildman–Crippen MR) is 106 cm³/mol. The van der Waals surface area contributed by atoms with E-state index in [9.17, 15) is 18.0 Å². The van der Waals surface area contributed by atoms with Gasteiger partial charge in [0.25, 0.3) is 5.91 Å². The second-order valence-electron chi connectivity index (χ2n) is 6.58. The summed E-state index contributed by atoms with van der Waals surface area (Å²) in [4.78, 5) is 24.2. The van der Waals surface area contributed by atoms with E-state index in [4.69, 9.17) is 4.74 Å². The Morgan fingerprint density at radius 2 is 1.61 bits per heavy atom. The first-order chi connectivity index (χ1) is 13.1. The highest BCUT2D eigenvalue weighted by molar-refractivity contribution is 7.89. The second-order valence-corrected chi connectivity index (χ2v) is 8.32. The molecule has 0 saturated carbocycles. The molecule has 0 unspecified atom stereocenters. The Hall–Kier alpha value is -2.71. The van der Waals surface area contributed by atoms with E-state index in [2.05, 4.69) is 10.0 Å². The van der Waals surface area contributed by atoms with E-state index >= 15 is 0 Å². The number of carbonyl (C=O) groups excluding carboxylic acids is 2. The molecule has 28 heavy (non-hydrogen) atoms. The van der Waals surface area contributed by atoms with Crippen molar-refractivity contribution in [3.63, 3.8) is 0 Å². The molecule has 2 N–H and O–H groups in total. The molecule has 0 aliphatic carbocycles. The van der Waals surface area contributed by atoms with Gasteiger partial charge in [0.15, 0.2) is 6.10 Å². The van der Waals surface area contributed by atoms with Crippen molar-refractivity contribution < 1.29 is 22.7 Å². The fourth-order valence-electron chi connectivity index (χ4n) is 2.40. The molecule has 0 spiro atoms. The van der Waals surface area contributed by atoms with Crippen molar-refractivity contribution in [1.29, 1.82) is 0 Å². The minimum absolute atomic E-state index is 0.102. The zero-order chi connectivity index (χ0) is 20.9. The number of amides is 1. The van der Waals surface area contributed by atoms with E-state index in [1.165, 1.54) is 13.0 Å². The third-order valence-corrected chi connectivity index (χ3v) is 5.58. The molecule has 0 aromatic heterocycles. The van der Waals surface area contributed by atoms with Crippen molar-refractivity contribution >= 4 is 27.6 Å². The highest BCUT2D eigenvalue weighted by atomic mass is 32.2. The van der Waals surface area contributed by atoms with Crippen LogP contribution in [0.5, 0.6) is 0 Å². The van der Waals surface area contributed by atoms with Gasteiger partial charge < -0.3 is 10.1 Å². The highest BCUT2D eigenvalue weighted by Crippen LogP contribution is 2.16. The fraction of sp³-hybridized carbons (Fsp3) is 0.300. The first-order valence-electron chi connectivity index (χ1n) is 8.72. The smallest absolute Gasteiger partial charge is 0.321 e. The number of hydrogen-bond acceptors (Lipinski definition) is 5. The number of esters is 1. The number of benzene rings is 2. The van der Waals surface area contributed by atoms with Gasteiger partial charge in [0.2, 0.25) is 10.0 Å². The Morgan fingerprint density at radius 3 is 2.25 bits per heavy atom. The molecule has 150 valence electrons. The third-order valence-electron chi connectivity index (χ3n) is 4.04. The lowest BCUT2D eigenvalue weighted by Gasteiger charge is -2.14. The standard InChI is InChI=1S/C20H24N2O5S/c1-13-6-9-17(10-7-13)22-20(24)16(4)27-19(23)12-21-28(25,26)18-11-14(2)5-8-15(18)3/h5-11,16,21H,12H2,1-4H3,(H,22,24)/t16-/m0/s1. The Morgan fingerprint density at radius 1 is 1.00 bits per heavy atom. The summed E-state index contributed by atoms with van der Waals surface area (Å²) >= 11 is 0. The van der Waals surface area contributed by atoms with E-state index in [1.807, 2.05) is 19.1 Å². The van der Waals surface area contributed by atoms with Crippen LogP contribution < -0.4 is 10.0 Å². The molecule has 0 heterocycles. The van der Waals surface area contributed by atoms with Gasteiger partial charge in [-0.15, -0.1) is 0 Å². The van der Waals surface area contributed by atoms with Crippen LogP contribution in [0, 0.1) is 20.8 Å². The summed E-state index contributed by atoms with van der Waals surface area (Å²) in [5.41, 5.74) is 2.98. The predicted octanol–water partition coefficient (Wildman–Crippen LogP) is 2.46. The molecule has 0 aliphatic rings. The quantitative estimate of drug-likeness (QED) is 0.690. The molecule has 1 atom stereocenters. The Labute approximate surface area is 165 Å².